The molecule has 1 radical (unpaired) electrons. The quantitative estimate of drug-likeness (QED) is 0.501. The Balaban J connectivity index is 2.23. The Morgan fingerprint density at radius 1 is 0.818 bits per heavy atom. The zero-order chi connectivity index (χ0) is 24.3. The third kappa shape index (κ3) is 5.03. The van der Waals surface area contributed by atoms with Crippen molar-refractivity contribution in [1.29, 1.82) is 0 Å². The maximum Gasteiger partial charge on any atom is 0.283 e. The molecule has 0 saturated carbocycles. The Morgan fingerprint density at radius 2 is 1.48 bits per heavy atom. The van der Waals surface area contributed by atoms with Crippen molar-refractivity contribution in [3.05, 3.63) is 47.0 Å². The van der Waals surface area contributed by atoms with E-state index in [0.29, 0.717) is 41.6 Å². The van der Waals surface area contributed by atoms with Gasteiger partial charge in [-0.05, 0) is 59.0 Å². The van der Waals surface area contributed by atoms with E-state index in [9.17, 15) is 4.79 Å². The molecule has 0 spiro atoms. The molecule has 0 aromatic heterocycles. The van der Waals surface area contributed by atoms with Crippen molar-refractivity contribution >= 4 is 20.4 Å². The molecule has 1 aliphatic carbocycles. The van der Waals surface area contributed by atoms with Crippen LogP contribution in [0.5, 0.6) is 28.7 Å². The summed E-state index contributed by atoms with van der Waals surface area (Å²) in [5.74, 6) is 2.99. The maximum atomic E-state index is 12.7. The van der Waals surface area contributed by atoms with E-state index in [4.69, 9.17) is 23.4 Å². The summed E-state index contributed by atoms with van der Waals surface area (Å²) in [5.41, 5.74) is 3.40. The van der Waals surface area contributed by atoms with Crippen molar-refractivity contribution in [3.63, 3.8) is 0 Å². The Labute approximate surface area is 198 Å². The van der Waals surface area contributed by atoms with E-state index in [0.717, 1.165) is 22.3 Å². The van der Waals surface area contributed by atoms with Crippen LogP contribution in [0, 0.1) is 0 Å². The second-order valence-corrected chi connectivity index (χ2v) is 11.8. The Kier molecular flexibility index (Phi) is 7.42. The van der Waals surface area contributed by atoms with Crippen molar-refractivity contribution < 1.29 is 28.2 Å². The van der Waals surface area contributed by atoms with E-state index >= 15 is 0 Å². The third-order valence-electron chi connectivity index (χ3n) is 5.92. The molecule has 0 aliphatic heterocycles. The summed E-state index contributed by atoms with van der Waals surface area (Å²) in [6.45, 7) is 8.65. The molecule has 0 amide bonds. The standard InChI is InChI=1S/C26H33O6Si/c1-26(2,3)33(8)32-21-13-16(10-12-20(21)28-4)19-15-18(27)11-9-17-14-22(29-5)24(30-6)25(31-7)23(17)19/h10,12-15H,9,11H2,1-8H3. The highest BCUT2D eigenvalue weighted by molar-refractivity contribution is 6.54. The molecule has 1 aliphatic rings. The molecule has 2 aromatic rings. The molecule has 33 heavy (non-hydrogen) atoms. The van der Waals surface area contributed by atoms with E-state index in [2.05, 4.69) is 27.3 Å². The number of aryl methyl sites for hydroxylation is 1. The van der Waals surface area contributed by atoms with Gasteiger partial charge in [0.25, 0.3) is 9.04 Å². The molecule has 0 heterocycles. The van der Waals surface area contributed by atoms with Gasteiger partial charge in [-0.2, -0.15) is 0 Å². The second kappa shape index (κ2) is 9.91. The van der Waals surface area contributed by atoms with Gasteiger partial charge in [0.15, 0.2) is 23.0 Å². The molecule has 3 rings (SSSR count). The van der Waals surface area contributed by atoms with Crippen molar-refractivity contribution in [3.8, 4) is 28.7 Å². The molecule has 0 N–H and O–H groups in total. The minimum absolute atomic E-state index is 0.0446. The monoisotopic (exact) mass is 469 g/mol. The van der Waals surface area contributed by atoms with Crippen LogP contribution in [0.25, 0.3) is 5.57 Å². The highest BCUT2D eigenvalue weighted by Crippen LogP contribution is 2.48. The number of benzene rings is 2. The summed E-state index contributed by atoms with van der Waals surface area (Å²) >= 11 is 0. The average Bonchev–Trinajstić information content (AvgIpc) is 2.95. The summed E-state index contributed by atoms with van der Waals surface area (Å²) in [4.78, 5) is 12.7. The van der Waals surface area contributed by atoms with Gasteiger partial charge in [0.2, 0.25) is 5.75 Å². The van der Waals surface area contributed by atoms with Crippen molar-refractivity contribution in [2.75, 3.05) is 28.4 Å². The van der Waals surface area contributed by atoms with Crippen LogP contribution in [0.15, 0.2) is 30.3 Å². The molecular weight excluding hydrogens is 436 g/mol. The van der Waals surface area contributed by atoms with Crippen molar-refractivity contribution in [2.24, 2.45) is 0 Å². The predicted octanol–water partition coefficient (Wildman–Crippen LogP) is 5.47. The van der Waals surface area contributed by atoms with Crippen LogP contribution in [0.1, 0.15) is 43.9 Å². The van der Waals surface area contributed by atoms with Gasteiger partial charge in [0.1, 0.15) is 5.75 Å². The van der Waals surface area contributed by atoms with Crippen LogP contribution in [-0.2, 0) is 11.2 Å². The van der Waals surface area contributed by atoms with Crippen molar-refractivity contribution in [2.45, 2.75) is 45.2 Å². The molecule has 2 aromatic carbocycles. The minimum atomic E-state index is -1.17. The lowest BCUT2D eigenvalue weighted by Crippen LogP contribution is -2.29. The van der Waals surface area contributed by atoms with Crippen LogP contribution >= 0.6 is 0 Å². The third-order valence-corrected chi connectivity index (χ3v) is 8.56. The molecule has 177 valence electrons. The van der Waals surface area contributed by atoms with E-state index in [1.165, 1.54) is 0 Å². The van der Waals surface area contributed by atoms with E-state index in [-0.39, 0.29) is 10.8 Å². The summed E-state index contributed by atoms with van der Waals surface area (Å²) in [6.07, 6.45) is 2.67. The first-order chi connectivity index (χ1) is 15.6. The van der Waals surface area contributed by atoms with Gasteiger partial charge in [-0.3, -0.25) is 4.79 Å². The molecule has 0 fully saturated rings. The molecule has 7 heteroatoms. The molecular formula is C26H33O6Si. The summed E-state index contributed by atoms with van der Waals surface area (Å²) < 4.78 is 28.9. The molecule has 0 bridgehead atoms. The smallest absolute Gasteiger partial charge is 0.283 e. The zero-order valence-corrected chi connectivity index (χ0v) is 21.8. The number of ether oxygens (including phenoxy) is 4. The van der Waals surface area contributed by atoms with Crippen LogP contribution in [-0.4, -0.2) is 43.3 Å². The fourth-order valence-electron chi connectivity index (χ4n) is 3.73. The number of fused-ring (bicyclic) bond motifs is 1. The van der Waals surface area contributed by atoms with Gasteiger partial charge in [0.05, 0.1) is 28.4 Å². The molecule has 0 unspecified atom stereocenters. The molecule has 0 atom stereocenters. The highest BCUT2D eigenvalue weighted by Gasteiger charge is 2.29. The lowest BCUT2D eigenvalue weighted by atomic mass is 9.92. The first kappa shape index (κ1) is 24.7. The number of methoxy groups -OCH3 is 4. The van der Waals surface area contributed by atoms with E-state index in [1.54, 1.807) is 34.5 Å². The lowest BCUT2D eigenvalue weighted by molar-refractivity contribution is -0.114. The van der Waals surface area contributed by atoms with Crippen LogP contribution in [0.4, 0.5) is 0 Å². The number of carbonyl (C=O) groups is 1. The van der Waals surface area contributed by atoms with Gasteiger partial charge in [-0.15, -0.1) is 0 Å². The Hall–Kier alpha value is -2.93. The minimum Gasteiger partial charge on any atom is -0.539 e. The van der Waals surface area contributed by atoms with Gasteiger partial charge >= 0.3 is 0 Å². The van der Waals surface area contributed by atoms with Gasteiger partial charge in [-0.1, -0.05) is 26.8 Å². The number of allylic oxidation sites excluding steroid dienone is 1. The summed E-state index contributed by atoms with van der Waals surface area (Å²) in [6, 6.07) is 7.70. The van der Waals surface area contributed by atoms with E-state index in [1.807, 2.05) is 24.3 Å². The lowest BCUT2D eigenvalue weighted by Gasteiger charge is -2.26. The first-order valence-electron chi connectivity index (χ1n) is 10.9. The number of hydrogen-bond donors (Lipinski definition) is 0. The summed E-state index contributed by atoms with van der Waals surface area (Å²) in [5, 5.41) is 0.0446. The average molecular weight is 470 g/mol. The normalized spacial score (nSPS) is 13.7. The Morgan fingerprint density at radius 3 is 2.06 bits per heavy atom. The van der Waals surface area contributed by atoms with E-state index < -0.39 is 9.04 Å². The SMILES string of the molecule is COc1ccc(C2=CC(=O)CCc3cc(OC)c(OC)c(OC)c32)cc1O[Si](C)C(C)(C)C. The number of ketones is 1. The number of rotatable bonds is 7. The highest BCUT2D eigenvalue weighted by atomic mass is 28.3. The fraction of sp³-hybridized carbons (Fsp3) is 0.423. The second-order valence-electron chi connectivity index (χ2n) is 8.98. The van der Waals surface area contributed by atoms with Gasteiger partial charge in [0, 0.05) is 12.0 Å². The molecule has 6 nitrogen and oxygen atoms in total. The predicted molar refractivity (Wildman–Crippen MR) is 131 cm³/mol. The van der Waals surface area contributed by atoms with Crippen LogP contribution < -0.4 is 23.4 Å². The summed E-state index contributed by atoms with van der Waals surface area (Å²) in [7, 11) is 5.22. The Bertz CT molecular complexity index is 1070. The topological polar surface area (TPSA) is 63.2 Å². The van der Waals surface area contributed by atoms with Gasteiger partial charge < -0.3 is 23.4 Å². The fourth-order valence-corrected chi connectivity index (χ4v) is 4.53. The van der Waals surface area contributed by atoms with Crippen LogP contribution in [0.3, 0.4) is 0 Å². The first-order valence-corrected chi connectivity index (χ1v) is 12.8. The number of carbonyl (C=O) groups excluding carboxylic acids is 1. The van der Waals surface area contributed by atoms with Crippen LogP contribution in [0.2, 0.25) is 11.6 Å². The largest absolute Gasteiger partial charge is 0.539 e. The zero-order valence-electron chi connectivity index (χ0n) is 20.8. The van der Waals surface area contributed by atoms with Gasteiger partial charge in [-0.25, -0.2) is 0 Å². The van der Waals surface area contributed by atoms with Crippen molar-refractivity contribution in [1.82, 2.24) is 0 Å². The molecule has 0 saturated heterocycles. The number of hydrogen-bond acceptors (Lipinski definition) is 6. The maximum absolute atomic E-state index is 12.7.